The van der Waals surface area contributed by atoms with E-state index in [1.807, 2.05) is 42.3 Å². The van der Waals surface area contributed by atoms with Crippen molar-refractivity contribution in [3.63, 3.8) is 0 Å². The molecule has 0 amide bonds. The quantitative estimate of drug-likeness (QED) is 0.123. The summed E-state index contributed by atoms with van der Waals surface area (Å²) in [6.45, 7) is 11.0. The maximum atomic E-state index is 5.78. The SMILES string of the molecule is [B]/C(C=C[C-]=[N+](C)C[CH2-])=C\C[CH-]N(C)C[CH2-].[Y].[Y].[Y].[Y].[Y].[Y].[Y].[Y].[Y]. The summed E-state index contributed by atoms with van der Waals surface area (Å²) in [6.07, 6.45) is 9.40. The molecule has 0 saturated carbocycles. The van der Waals surface area contributed by atoms with E-state index < -0.39 is 0 Å². The third-order valence-electron chi connectivity index (χ3n) is 2.03. The van der Waals surface area contributed by atoms with Gasteiger partial charge in [-0.05, 0) is 7.05 Å². The molecule has 0 N–H and O–H groups in total. The second kappa shape index (κ2) is 50.1. The summed E-state index contributed by atoms with van der Waals surface area (Å²) in [6, 6.07) is 0. The van der Waals surface area contributed by atoms with Crippen molar-refractivity contribution >= 4 is 14.1 Å². The largest absolute Gasteiger partial charge is 0.484 e. The molecule has 0 aromatic carbocycles. The Bertz CT molecular complexity index is 291. The van der Waals surface area contributed by atoms with E-state index in [2.05, 4.69) is 20.1 Å². The fraction of sp³-hybridized carbons (Fsp3) is 0.385. The summed E-state index contributed by atoms with van der Waals surface area (Å²) in [5.41, 5.74) is 0.735. The predicted molar refractivity (Wildman–Crippen MR) is 71.3 cm³/mol. The van der Waals surface area contributed by atoms with Gasteiger partial charge in [-0.3, -0.25) is 13.5 Å². The second-order valence-corrected chi connectivity index (χ2v) is 3.49. The molecule has 0 rings (SSSR count). The van der Waals surface area contributed by atoms with Crippen molar-refractivity contribution in [2.75, 3.05) is 27.2 Å². The first-order valence-electron chi connectivity index (χ1n) is 5.31. The van der Waals surface area contributed by atoms with Gasteiger partial charge in [0.25, 0.3) is 0 Å². The number of rotatable bonds is 7. The van der Waals surface area contributed by atoms with Crippen LogP contribution in [0.25, 0.3) is 0 Å². The Morgan fingerprint density at radius 2 is 1.48 bits per heavy atom. The Balaban J connectivity index is -0.0000000312. The minimum atomic E-state index is 0. The molecular weight excluding hydrogens is 995 g/mol. The topological polar surface area (TPSA) is 6.25 Å². The zero-order valence-electron chi connectivity index (χ0n) is 15.5. The normalized spacial score (nSPS) is 9.00. The minimum absolute atomic E-state index is 0. The first-order valence-corrected chi connectivity index (χ1v) is 5.31. The zero-order chi connectivity index (χ0) is 12.4. The molecule has 0 spiro atoms. The molecule has 0 atom stereocenters. The Morgan fingerprint density at radius 3 is 1.84 bits per heavy atom. The van der Waals surface area contributed by atoms with Crippen LogP contribution >= 0.6 is 0 Å². The van der Waals surface area contributed by atoms with Crippen molar-refractivity contribution in [1.29, 1.82) is 0 Å². The Kier molecular flexibility index (Phi) is 129. The molecule has 0 aliphatic carbocycles. The molecule has 0 aromatic rings. The first kappa shape index (κ1) is 64.3. The molecule has 25 heavy (non-hydrogen) atoms. The molecule has 0 saturated heterocycles. The van der Waals surface area contributed by atoms with Crippen LogP contribution in [0, 0.1) is 20.4 Å². The van der Waals surface area contributed by atoms with E-state index >= 15 is 0 Å². The van der Waals surface area contributed by atoms with E-state index in [1.54, 1.807) is 6.08 Å². The van der Waals surface area contributed by atoms with Crippen LogP contribution in [0.2, 0.25) is 0 Å². The van der Waals surface area contributed by atoms with Crippen LogP contribution in [0.3, 0.4) is 0 Å². The standard InChI is InChI=1S/C13H20BN2.9Y/c1-5-15(3)11-7-9-13(14)10-8-12-16(4)6-2;;;;;;;;;/h7,9-10,12H,1-2,5-6,8H2,3-4H3;;;;;;;;;/q-3;;;;;;;;;/b9-7?,13-10-;;;;;;;;;. The van der Waals surface area contributed by atoms with Crippen LogP contribution in [-0.4, -0.2) is 50.7 Å². The maximum absolute atomic E-state index is 5.78. The molecule has 12 heteroatoms. The van der Waals surface area contributed by atoms with Crippen molar-refractivity contribution < 1.29 is 299 Å². The zero-order valence-corrected chi connectivity index (χ0v) is 41.1. The molecule has 115 valence electrons. The van der Waals surface area contributed by atoms with Crippen molar-refractivity contribution in [3.05, 3.63) is 44.1 Å². The van der Waals surface area contributed by atoms with Crippen LogP contribution in [0.5, 0.6) is 0 Å². The van der Waals surface area contributed by atoms with E-state index in [4.69, 9.17) is 7.85 Å². The maximum Gasteiger partial charge on any atom is 0.113 e. The van der Waals surface area contributed by atoms with Gasteiger partial charge in [-0.2, -0.15) is 24.5 Å². The summed E-state index contributed by atoms with van der Waals surface area (Å²) in [7, 11) is 9.67. The third kappa shape index (κ3) is 50.8. The van der Waals surface area contributed by atoms with Gasteiger partial charge in [0.1, 0.15) is 7.05 Å². The van der Waals surface area contributed by atoms with Gasteiger partial charge in [0, 0.05) is 307 Å². The molecular formula is C13H20BN2Y9-3. The second-order valence-electron chi connectivity index (χ2n) is 3.49. The summed E-state index contributed by atoms with van der Waals surface area (Å²) < 4.78 is 1.85. The fourth-order valence-electron chi connectivity index (χ4n) is 0.853. The van der Waals surface area contributed by atoms with Gasteiger partial charge in [0.2, 0.25) is 0 Å². The van der Waals surface area contributed by atoms with E-state index in [-0.39, 0.29) is 294 Å². The number of hydrogen-bond donors (Lipinski definition) is 0. The van der Waals surface area contributed by atoms with Crippen LogP contribution in [-0.2, 0) is 294 Å². The van der Waals surface area contributed by atoms with E-state index in [0.717, 1.165) is 18.4 Å². The van der Waals surface area contributed by atoms with Gasteiger partial charge >= 0.3 is 0 Å². The average Bonchev–Trinajstić information content (AvgIpc) is 2.28. The van der Waals surface area contributed by atoms with Gasteiger partial charge in [-0.1, -0.05) is 0 Å². The van der Waals surface area contributed by atoms with Gasteiger partial charge in [-0.15, -0.1) is 6.08 Å². The molecule has 2 nitrogen and oxygen atoms in total. The molecule has 0 fully saturated rings. The van der Waals surface area contributed by atoms with Crippen LogP contribution in [0.15, 0.2) is 23.7 Å². The van der Waals surface area contributed by atoms with E-state index in [9.17, 15) is 0 Å². The van der Waals surface area contributed by atoms with E-state index in [1.165, 1.54) is 0 Å². The van der Waals surface area contributed by atoms with Gasteiger partial charge in [0.15, 0.2) is 0 Å². The smallest absolute Gasteiger partial charge is 0.113 e. The molecule has 0 aliphatic heterocycles. The average molecular weight is 1020 g/mol. The number of hydrogen-bond acceptors (Lipinski definition) is 1. The van der Waals surface area contributed by atoms with Crippen LogP contribution < -0.4 is 0 Å². The van der Waals surface area contributed by atoms with Gasteiger partial charge in [-0.25, -0.2) is 6.08 Å². The molecule has 0 aliphatic rings. The van der Waals surface area contributed by atoms with Gasteiger partial charge in [0.05, 0.1) is 7.85 Å². The molecule has 0 unspecified atom stereocenters. The molecule has 11 radical (unpaired) electrons. The Labute approximate surface area is 384 Å². The minimum Gasteiger partial charge on any atom is -0.484 e. The van der Waals surface area contributed by atoms with Crippen LogP contribution in [0.1, 0.15) is 6.42 Å². The summed E-state index contributed by atoms with van der Waals surface area (Å²) >= 11 is 0. The van der Waals surface area contributed by atoms with Crippen molar-refractivity contribution in [1.82, 2.24) is 4.90 Å². The fourth-order valence-corrected chi connectivity index (χ4v) is 0.853. The predicted octanol–water partition coefficient (Wildman–Crippen LogP) is 1.31. The first-order chi connectivity index (χ1) is 7.60. The number of allylic oxidation sites excluding steroid dienone is 3. The molecule has 0 bridgehead atoms. The third-order valence-corrected chi connectivity index (χ3v) is 2.03. The summed E-state index contributed by atoms with van der Waals surface area (Å²) in [5, 5.41) is 0. The summed E-state index contributed by atoms with van der Waals surface area (Å²) in [5.74, 6) is 0. The Hall–Kier alpha value is 9.11. The Morgan fingerprint density at radius 1 is 1.04 bits per heavy atom. The van der Waals surface area contributed by atoms with Crippen molar-refractivity contribution in [2.24, 2.45) is 0 Å². The van der Waals surface area contributed by atoms with Gasteiger partial charge < -0.3 is 16.4 Å². The van der Waals surface area contributed by atoms with Crippen molar-refractivity contribution in [3.8, 4) is 0 Å². The molecule has 0 heterocycles. The summed E-state index contributed by atoms with van der Waals surface area (Å²) in [4.78, 5) is 2.02. The van der Waals surface area contributed by atoms with E-state index in [0.29, 0.717) is 6.54 Å². The monoisotopic (exact) mass is 1020 g/mol. The number of nitrogens with zero attached hydrogens (tertiary/aromatic N) is 2. The van der Waals surface area contributed by atoms with Crippen LogP contribution in [0.4, 0.5) is 0 Å². The van der Waals surface area contributed by atoms with Crippen molar-refractivity contribution in [2.45, 2.75) is 6.42 Å². The molecule has 0 aromatic heterocycles.